The smallest absolute Gasteiger partial charge is 0.313 e. The van der Waals surface area contributed by atoms with Crippen LogP contribution in [0, 0.1) is 0 Å². The van der Waals surface area contributed by atoms with E-state index in [4.69, 9.17) is 14.7 Å². The summed E-state index contributed by atoms with van der Waals surface area (Å²) in [6.45, 7) is 5.57. The number of methoxy groups -OCH3 is 1. The third-order valence-electron chi connectivity index (χ3n) is 5.39. The summed E-state index contributed by atoms with van der Waals surface area (Å²) in [5, 5.41) is 9.50. The highest BCUT2D eigenvalue weighted by Crippen LogP contribution is 2.32. The third-order valence-corrected chi connectivity index (χ3v) is 5.39. The number of aromatic nitrogens is 2. The monoisotopic (exact) mass is 404 g/mol. The average Bonchev–Trinajstić information content (AvgIpc) is 2.77. The highest BCUT2D eigenvalue weighted by molar-refractivity contribution is 5.82. The number of nitrogens with zero attached hydrogens (tertiary/aromatic N) is 2. The van der Waals surface area contributed by atoms with Gasteiger partial charge >= 0.3 is 5.97 Å². The highest BCUT2D eigenvalue weighted by Gasteiger charge is 2.29. The van der Waals surface area contributed by atoms with Crippen molar-refractivity contribution in [2.75, 3.05) is 7.11 Å². The molecule has 0 aliphatic heterocycles. The Bertz CT molecular complexity index is 1010. The molecule has 1 N–H and O–H groups in total. The Morgan fingerprint density at radius 1 is 1.00 bits per heavy atom. The van der Waals surface area contributed by atoms with E-state index in [1.54, 1.807) is 21.0 Å². The molecule has 0 saturated carbocycles. The predicted octanol–water partition coefficient (Wildman–Crippen LogP) is 5.52. The lowest BCUT2D eigenvalue weighted by Crippen LogP contribution is -2.28. The van der Waals surface area contributed by atoms with Crippen LogP contribution in [0.3, 0.4) is 0 Å². The topological polar surface area (TPSA) is 72.3 Å². The van der Waals surface area contributed by atoms with Crippen molar-refractivity contribution in [1.82, 2.24) is 9.97 Å². The molecular formula is C25H28N2O3. The van der Waals surface area contributed by atoms with Gasteiger partial charge in [0, 0.05) is 17.3 Å². The molecule has 0 radical (unpaired) electrons. The summed E-state index contributed by atoms with van der Waals surface area (Å²) < 4.78 is 5.26. The van der Waals surface area contributed by atoms with Gasteiger partial charge in [0.25, 0.3) is 0 Å². The molecule has 5 nitrogen and oxygen atoms in total. The molecule has 5 heteroatoms. The summed E-state index contributed by atoms with van der Waals surface area (Å²) >= 11 is 0. The molecule has 0 aliphatic rings. The molecule has 1 aromatic heterocycles. The fraction of sp³-hybridized carbons (Fsp3) is 0.320. The molecule has 1 heterocycles. The normalized spacial score (nSPS) is 11.3. The van der Waals surface area contributed by atoms with Crippen molar-refractivity contribution in [3.05, 3.63) is 66.0 Å². The Kier molecular flexibility index (Phi) is 6.50. The number of ether oxygens (including phenoxy) is 1. The van der Waals surface area contributed by atoms with Crippen LogP contribution < -0.4 is 4.74 Å². The summed E-state index contributed by atoms with van der Waals surface area (Å²) in [4.78, 5) is 21.2. The number of carbonyl (C=O) groups is 1. The van der Waals surface area contributed by atoms with Gasteiger partial charge in [-0.05, 0) is 56.5 Å². The molecular weight excluding hydrogens is 376 g/mol. The van der Waals surface area contributed by atoms with Gasteiger partial charge in [-0.15, -0.1) is 0 Å². The van der Waals surface area contributed by atoms with E-state index in [1.165, 1.54) is 0 Å². The molecule has 0 atom stereocenters. The SMILES string of the molecule is CCCCc1cnc(-c2ccc(OC)cc2)c(-c2ccc(C(C)(C)C(=O)O)cc2)n1. The van der Waals surface area contributed by atoms with Crippen molar-refractivity contribution in [1.29, 1.82) is 0 Å². The van der Waals surface area contributed by atoms with Crippen LogP contribution in [0.4, 0.5) is 0 Å². The lowest BCUT2D eigenvalue weighted by atomic mass is 9.84. The fourth-order valence-corrected chi connectivity index (χ4v) is 3.23. The fourth-order valence-electron chi connectivity index (χ4n) is 3.23. The standard InChI is InChI=1S/C25H28N2O3/c1-5-6-7-20-16-26-22(17-10-14-21(30-4)15-11-17)23(27-20)18-8-12-19(13-9-18)25(2,3)24(28)29/h8-16H,5-7H2,1-4H3,(H,28,29). The van der Waals surface area contributed by atoms with Crippen LogP contribution in [0.15, 0.2) is 54.7 Å². The van der Waals surface area contributed by atoms with E-state index in [2.05, 4.69) is 6.92 Å². The molecule has 0 aliphatic carbocycles. The first-order valence-electron chi connectivity index (χ1n) is 10.2. The van der Waals surface area contributed by atoms with Crippen LogP contribution in [0.5, 0.6) is 5.75 Å². The van der Waals surface area contributed by atoms with Gasteiger partial charge < -0.3 is 9.84 Å². The van der Waals surface area contributed by atoms with Gasteiger partial charge in [-0.1, -0.05) is 37.6 Å². The molecule has 0 unspecified atom stereocenters. The Morgan fingerprint density at radius 3 is 2.17 bits per heavy atom. The number of hydrogen-bond acceptors (Lipinski definition) is 4. The Balaban J connectivity index is 2.06. The van der Waals surface area contributed by atoms with Gasteiger partial charge in [0.05, 0.1) is 29.6 Å². The number of aliphatic carboxylic acids is 1. The van der Waals surface area contributed by atoms with Gasteiger partial charge in [-0.2, -0.15) is 0 Å². The minimum absolute atomic E-state index is 0.750. The number of carboxylic acids is 1. The minimum atomic E-state index is -0.952. The summed E-state index contributed by atoms with van der Waals surface area (Å²) in [5.41, 5.74) is 4.22. The van der Waals surface area contributed by atoms with E-state index >= 15 is 0 Å². The van der Waals surface area contributed by atoms with Crippen LogP contribution >= 0.6 is 0 Å². The molecule has 2 aromatic carbocycles. The largest absolute Gasteiger partial charge is 0.497 e. The molecule has 0 bridgehead atoms. The van der Waals surface area contributed by atoms with Crippen LogP contribution in [-0.4, -0.2) is 28.2 Å². The first-order valence-corrected chi connectivity index (χ1v) is 10.2. The highest BCUT2D eigenvalue weighted by atomic mass is 16.5. The number of carboxylic acid groups (broad SMARTS) is 1. The Hall–Kier alpha value is -3.21. The molecule has 0 saturated heterocycles. The lowest BCUT2D eigenvalue weighted by molar-refractivity contribution is -0.142. The van der Waals surface area contributed by atoms with Crippen molar-refractivity contribution in [3.63, 3.8) is 0 Å². The van der Waals surface area contributed by atoms with Crippen LogP contribution in [-0.2, 0) is 16.6 Å². The maximum atomic E-state index is 11.6. The Morgan fingerprint density at radius 2 is 1.60 bits per heavy atom. The molecule has 0 fully saturated rings. The van der Waals surface area contributed by atoms with E-state index in [9.17, 15) is 9.90 Å². The summed E-state index contributed by atoms with van der Waals surface area (Å²) in [7, 11) is 1.64. The third kappa shape index (κ3) is 4.51. The number of aryl methyl sites for hydroxylation is 1. The zero-order chi connectivity index (χ0) is 21.7. The molecule has 0 spiro atoms. The van der Waals surface area contributed by atoms with E-state index < -0.39 is 11.4 Å². The molecule has 3 aromatic rings. The second-order valence-corrected chi connectivity index (χ2v) is 7.90. The van der Waals surface area contributed by atoms with E-state index in [1.807, 2.05) is 54.7 Å². The lowest BCUT2D eigenvalue weighted by Gasteiger charge is -2.20. The van der Waals surface area contributed by atoms with Gasteiger partial charge in [0.1, 0.15) is 5.75 Å². The van der Waals surface area contributed by atoms with Crippen molar-refractivity contribution < 1.29 is 14.6 Å². The van der Waals surface area contributed by atoms with Crippen LogP contribution in [0.1, 0.15) is 44.9 Å². The maximum Gasteiger partial charge on any atom is 0.313 e. The van der Waals surface area contributed by atoms with Crippen molar-refractivity contribution in [2.24, 2.45) is 0 Å². The zero-order valence-corrected chi connectivity index (χ0v) is 18.0. The zero-order valence-electron chi connectivity index (χ0n) is 18.0. The van der Waals surface area contributed by atoms with Crippen molar-refractivity contribution >= 4 is 5.97 Å². The molecule has 0 amide bonds. The summed E-state index contributed by atoms with van der Waals surface area (Å²) in [6, 6.07) is 15.3. The quantitative estimate of drug-likeness (QED) is 0.535. The summed E-state index contributed by atoms with van der Waals surface area (Å²) in [6.07, 6.45) is 4.88. The molecule has 156 valence electrons. The van der Waals surface area contributed by atoms with Gasteiger partial charge in [0.2, 0.25) is 0 Å². The molecule has 30 heavy (non-hydrogen) atoms. The first-order chi connectivity index (χ1) is 14.4. The predicted molar refractivity (Wildman–Crippen MR) is 119 cm³/mol. The summed E-state index contributed by atoms with van der Waals surface area (Å²) in [5.74, 6) is -0.0661. The van der Waals surface area contributed by atoms with Gasteiger partial charge in [-0.3, -0.25) is 9.78 Å². The van der Waals surface area contributed by atoms with Crippen molar-refractivity contribution in [3.8, 4) is 28.3 Å². The second-order valence-electron chi connectivity index (χ2n) is 7.90. The first kappa shape index (κ1) is 21.5. The van der Waals surface area contributed by atoms with E-state index in [-0.39, 0.29) is 0 Å². The number of unbranched alkanes of at least 4 members (excludes halogenated alkanes) is 1. The van der Waals surface area contributed by atoms with Crippen molar-refractivity contribution in [2.45, 2.75) is 45.4 Å². The number of hydrogen-bond donors (Lipinski definition) is 1. The second kappa shape index (κ2) is 9.08. The number of rotatable bonds is 8. The maximum absolute atomic E-state index is 11.6. The number of benzene rings is 2. The van der Waals surface area contributed by atoms with Gasteiger partial charge in [-0.25, -0.2) is 4.98 Å². The minimum Gasteiger partial charge on any atom is -0.497 e. The van der Waals surface area contributed by atoms with Crippen LogP contribution in [0.2, 0.25) is 0 Å². The molecule has 3 rings (SSSR count). The van der Waals surface area contributed by atoms with E-state index in [0.29, 0.717) is 0 Å². The van der Waals surface area contributed by atoms with Crippen LogP contribution in [0.25, 0.3) is 22.5 Å². The van der Waals surface area contributed by atoms with Gasteiger partial charge in [0.15, 0.2) is 0 Å². The van der Waals surface area contributed by atoms with E-state index in [0.717, 1.165) is 58.8 Å². The average molecular weight is 405 g/mol. The Labute approximate surface area is 177 Å².